The SMILES string of the molecule is CC(=O)OC1CCC2C3CC=C4C5CC(C)(C)CCC5(C(=O)O)CCC4(C)C3CCC2C1(C)C. The number of hydrogen-bond donors (Lipinski definition) is 1. The second kappa shape index (κ2) is 7.84. The van der Waals surface area contributed by atoms with Crippen LogP contribution in [0, 0.1) is 51.2 Å². The minimum atomic E-state index is -0.549. The van der Waals surface area contributed by atoms with Gasteiger partial charge in [0.05, 0.1) is 5.41 Å². The van der Waals surface area contributed by atoms with Gasteiger partial charge in [0.15, 0.2) is 0 Å². The first kappa shape index (κ1) is 24.4. The van der Waals surface area contributed by atoms with Crippen LogP contribution in [0.25, 0.3) is 0 Å². The van der Waals surface area contributed by atoms with Crippen molar-refractivity contribution in [2.24, 2.45) is 51.2 Å². The second-order valence-corrected chi connectivity index (χ2v) is 14.3. The Morgan fingerprint density at radius 3 is 2.26 bits per heavy atom. The molecule has 5 aliphatic rings. The molecular weight excluding hydrogens is 424 g/mol. The van der Waals surface area contributed by atoms with E-state index in [0.717, 1.165) is 51.4 Å². The molecule has 190 valence electrons. The van der Waals surface area contributed by atoms with Crippen molar-refractivity contribution in [2.75, 3.05) is 0 Å². The number of carbonyl (C=O) groups excluding carboxylic acids is 1. The molecule has 0 aromatic carbocycles. The maximum Gasteiger partial charge on any atom is 0.310 e. The molecule has 4 heteroatoms. The zero-order valence-corrected chi connectivity index (χ0v) is 22.3. The van der Waals surface area contributed by atoms with Crippen LogP contribution in [0.2, 0.25) is 0 Å². The van der Waals surface area contributed by atoms with Crippen molar-refractivity contribution >= 4 is 11.9 Å². The van der Waals surface area contributed by atoms with Gasteiger partial charge in [-0.3, -0.25) is 9.59 Å². The van der Waals surface area contributed by atoms with E-state index in [2.05, 4.69) is 40.7 Å². The largest absolute Gasteiger partial charge is 0.481 e. The Morgan fingerprint density at radius 2 is 1.59 bits per heavy atom. The lowest BCUT2D eigenvalue weighted by atomic mass is 9.40. The van der Waals surface area contributed by atoms with Crippen molar-refractivity contribution in [1.82, 2.24) is 0 Å². The van der Waals surface area contributed by atoms with Crippen molar-refractivity contribution in [3.63, 3.8) is 0 Å². The number of rotatable bonds is 2. The Kier molecular flexibility index (Phi) is 5.62. The van der Waals surface area contributed by atoms with Crippen LogP contribution in [0.15, 0.2) is 11.6 Å². The number of esters is 1. The molecule has 1 N–H and O–H groups in total. The number of aliphatic carboxylic acids is 1. The quantitative estimate of drug-likeness (QED) is 0.348. The lowest BCUT2D eigenvalue weighted by Crippen LogP contribution is -2.58. The topological polar surface area (TPSA) is 63.6 Å². The van der Waals surface area contributed by atoms with Gasteiger partial charge >= 0.3 is 11.9 Å². The third-order valence-corrected chi connectivity index (χ3v) is 11.9. The molecule has 0 aromatic rings. The van der Waals surface area contributed by atoms with Gasteiger partial charge in [0.1, 0.15) is 6.10 Å². The second-order valence-electron chi connectivity index (χ2n) is 14.3. The molecular formula is C30H46O4. The van der Waals surface area contributed by atoms with E-state index < -0.39 is 11.4 Å². The van der Waals surface area contributed by atoms with Crippen LogP contribution in [0.3, 0.4) is 0 Å². The van der Waals surface area contributed by atoms with Crippen molar-refractivity contribution < 1.29 is 19.4 Å². The number of carbonyl (C=O) groups is 2. The lowest BCUT2D eigenvalue weighted by Gasteiger charge is -2.64. The fourth-order valence-electron chi connectivity index (χ4n) is 9.94. The number of allylic oxidation sites excluding steroid dienone is 2. The van der Waals surface area contributed by atoms with E-state index in [-0.39, 0.29) is 34.2 Å². The first-order valence-corrected chi connectivity index (χ1v) is 13.9. The first-order valence-electron chi connectivity index (χ1n) is 13.9. The third kappa shape index (κ3) is 3.44. The Balaban J connectivity index is 1.47. The van der Waals surface area contributed by atoms with E-state index in [4.69, 9.17) is 4.74 Å². The summed E-state index contributed by atoms with van der Waals surface area (Å²) in [5.41, 5.74) is 1.34. The lowest BCUT2D eigenvalue weighted by molar-refractivity contribution is -0.172. The molecule has 0 saturated heterocycles. The van der Waals surface area contributed by atoms with Gasteiger partial charge in [0.2, 0.25) is 0 Å². The number of ether oxygens (including phenoxy) is 1. The summed E-state index contributed by atoms with van der Waals surface area (Å²) in [5.74, 6) is 2.12. The summed E-state index contributed by atoms with van der Waals surface area (Å²) in [7, 11) is 0. The molecule has 0 heterocycles. The van der Waals surface area contributed by atoms with E-state index in [1.807, 2.05) is 0 Å². The summed E-state index contributed by atoms with van der Waals surface area (Å²) in [6, 6.07) is 0. The highest BCUT2D eigenvalue weighted by molar-refractivity contribution is 5.76. The Labute approximate surface area is 206 Å². The number of carboxylic acid groups (broad SMARTS) is 1. The van der Waals surface area contributed by atoms with Gasteiger partial charge in [-0.1, -0.05) is 46.3 Å². The van der Waals surface area contributed by atoms with Crippen LogP contribution < -0.4 is 0 Å². The summed E-state index contributed by atoms with van der Waals surface area (Å²) >= 11 is 0. The Bertz CT molecular complexity index is 899. The molecule has 34 heavy (non-hydrogen) atoms. The highest BCUT2D eigenvalue weighted by Crippen LogP contribution is 2.69. The molecule has 0 radical (unpaired) electrons. The highest BCUT2D eigenvalue weighted by atomic mass is 16.5. The van der Waals surface area contributed by atoms with Gasteiger partial charge < -0.3 is 9.84 Å². The number of carboxylic acids is 1. The molecule has 0 spiro atoms. The van der Waals surface area contributed by atoms with Gasteiger partial charge in [-0.15, -0.1) is 0 Å². The monoisotopic (exact) mass is 470 g/mol. The minimum Gasteiger partial charge on any atom is -0.481 e. The van der Waals surface area contributed by atoms with Crippen LogP contribution >= 0.6 is 0 Å². The highest BCUT2D eigenvalue weighted by Gasteiger charge is 2.63. The minimum absolute atomic E-state index is 0.0167. The molecule has 0 amide bonds. The van der Waals surface area contributed by atoms with Gasteiger partial charge in [0, 0.05) is 12.3 Å². The number of hydrogen-bond acceptors (Lipinski definition) is 3. The molecule has 5 rings (SSSR count). The van der Waals surface area contributed by atoms with Gasteiger partial charge in [-0.05, 0) is 105 Å². The average molecular weight is 471 g/mol. The van der Waals surface area contributed by atoms with Gasteiger partial charge in [-0.2, -0.15) is 0 Å². The Morgan fingerprint density at radius 1 is 0.912 bits per heavy atom. The van der Waals surface area contributed by atoms with E-state index in [9.17, 15) is 14.7 Å². The molecule has 0 bridgehead atoms. The molecule has 8 unspecified atom stereocenters. The fraction of sp³-hybridized carbons (Fsp3) is 0.867. The number of fused-ring (bicyclic) bond motifs is 7. The normalized spacial score (nSPS) is 46.6. The van der Waals surface area contributed by atoms with Crippen LogP contribution in [-0.2, 0) is 14.3 Å². The Hall–Kier alpha value is -1.32. The standard InChI is InChI=1S/C30H46O4/c1-18(31)34-25-12-8-19-20-7-9-23-24-17-27(2,3)13-15-30(24,26(32)33)16-14-29(23,6)22(20)11-10-21(19)28(25,4)5/h9,19-22,24-25H,7-8,10-17H2,1-6H3,(H,32,33). The molecule has 0 aliphatic heterocycles. The molecule has 0 aromatic heterocycles. The summed E-state index contributed by atoms with van der Waals surface area (Å²) < 4.78 is 5.80. The molecule has 4 fully saturated rings. The van der Waals surface area contributed by atoms with E-state index in [1.165, 1.54) is 18.4 Å². The average Bonchev–Trinajstić information content (AvgIpc) is 2.74. The summed E-state index contributed by atoms with van der Waals surface area (Å²) in [4.78, 5) is 24.4. The smallest absolute Gasteiger partial charge is 0.310 e. The zero-order chi connectivity index (χ0) is 24.7. The van der Waals surface area contributed by atoms with Gasteiger partial charge in [-0.25, -0.2) is 0 Å². The zero-order valence-electron chi connectivity index (χ0n) is 22.3. The van der Waals surface area contributed by atoms with Crippen LogP contribution in [-0.4, -0.2) is 23.1 Å². The summed E-state index contributed by atoms with van der Waals surface area (Å²) in [6.45, 7) is 13.4. The summed E-state index contributed by atoms with van der Waals surface area (Å²) in [5, 5.41) is 10.4. The molecule has 5 aliphatic carbocycles. The van der Waals surface area contributed by atoms with Crippen molar-refractivity contribution in [1.29, 1.82) is 0 Å². The predicted octanol–water partition coefficient (Wildman–Crippen LogP) is 7.02. The molecule has 4 saturated carbocycles. The van der Waals surface area contributed by atoms with Crippen molar-refractivity contribution in [3.8, 4) is 0 Å². The maximum absolute atomic E-state index is 12.7. The molecule has 4 nitrogen and oxygen atoms in total. The van der Waals surface area contributed by atoms with Crippen LogP contribution in [0.5, 0.6) is 0 Å². The predicted molar refractivity (Wildman–Crippen MR) is 133 cm³/mol. The van der Waals surface area contributed by atoms with E-state index in [0.29, 0.717) is 23.7 Å². The fourth-order valence-corrected chi connectivity index (χ4v) is 9.94. The van der Waals surface area contributed by atoms with Crippen molar-refractivity contribution in [2.45, 2.75) is 112 Å². The van der Waals surface area contributed by atoms with E-state index in [1.54, 1.807) is 6.92 Å². The molecule has 8 atom stereocenters. The first-order chi connectivity index (χ1) is 15.8. The van der Waals surface area contributed by atoms with Crippen molar-refractivity contribution in [3.05, 3.63) is 11.6 Å². The van der Waals surface area contributed by atoms with Gasteiger partial charge in [0.25, 0.3) is 0 Å². The third-order valence-electron chi connectivity index (χ3n) is 11.9. The summed E-state index contributed by atoms with van der Waals surface area (Å²) in [6.07, 6.45) is 13.0. The van der Waals surface area contributed by atoms with Crippen LogP contribution in [0.1, 0.15) is 106 Å². The maximum atomic E-state index is 12.7. The van der Waals surface area contributed by atoms with E-state index >= 15 is 0 Å². The van der Waals surface area contributed by atoms with Crippen LogP contribution in [0.4, 0.5) is 0 Å².